The van der Waals surface area contributed by atoms with Crippen LogP contribution in [0.15, 0.2) is 48.5 Å². The van der Waals surface area contributed by atoms with Gasteiger partial charge in [0.15, 0.2) is 0 Å². The molecule has 0 aliphatic carbocycles. The largest absolute Gasteiger partial charge is 0.492 e. The maximum Gasteiger partial charge on any atom is 0.235 e. The molecule has 4 rings (SSSR count). The molecule has 2 aromatic carbocycles. The molecular weight excluding hydrogens is 411 g/mol. The first-order valence-electron chi connectivity index (χ1n) is 10.8. The third-order valence-electron chi connectivity index (χ3n) is 5.96. The van der Waals surface area contributed by atoms with E-state index in [1.54, 1.807) is 24.3 Å². The first-order chi connectivity index (χ1) is 15.5. The number of benzene rings is 2. The van der Waals surface area contributed by atoms with Crippen LogP contribution in [0.25, 0.3) is 0 Å². The Kier molecular flexibility index (Phi) is 7.00. The molecule has 0 aromatic heterocycles. The van der Waals surface area contributed by atoms with E-state index in [2.05, 4.69) is 15.9 Å². The van der Waals surface area contributed by atoms with Crippen molar-refractivity contribution in [1.82, 2.24) is 9.80 Å². The van der Waals surface area contributed by atoms with Gasteiger partial charge in [-0.2, -0.15) is 5.26 Å². The van der Waals surface area contributed by atoms with Crippen molar-refractivity contribution in [2.24, 2.45) is 5.73 Å². The zero-order valence-electron chi connectivity index (χ0n) is 17.8. The van der Waals surface area contributed by atoms with Crippen LogP contribution in [0.3, 0.4) is 0 Å². The van der Waals surface area contributed by atoms with E-state index >= 15 is 0 Å². The highest BCUT2D eigenvalue weighted by molar-refractivity contribution is 5.80. The van der Waals surface area contributed by atoms with E-state index in [-0.39, 0.29) is 23.9 Å². The fourth-order valence-electron chi connectivity index (χ4n) is 4.42. The molecule has 7 nitrogen and oxygen atoms in total. The number of fused-ring (bicyclic) bond motifs is 2. The second-order valence-corrected chi connectivity index (χ2v) is 8.33. The number of rotatable bonds is 8. The molecule has 3 atom stereocenters. The fraction of sp³-hybridized carbons (Fsp3) is 0.417. The highest BCUT2D eigenvalue weighted by atomic mass is 19.1. The lowest BCUT2D eigenvalue weighted by atomic mass is 10.00. The molecule has 1 amide bonds. The van der Waals surface area contributed by atoms with Gasteiger partial charge in [0.2, 0.25) is 5.91 Å². The summed E-state index contributed by atoms with van der Waals surface area (Å²) in [4.78, 5) is 16.7. The molecule has 2 aliphatic heterocycles. The summed E-state index contributed by atoms with van der Waals surface area (Å²) in [5, 5.41) is 8.97. The minimum Gasteiger partial charge on any atom is -0.492 e. The van der Waals surface area contributed by atoms with Gasteiger partial charge in [0.05, 0.1) is 29.9 Å². The third-order valence-corrected chi connectivity index (χ3v) is 5.96. The molecule has 2 heterocycles. The average molecular weight is 439 g/mol. The van der Waals surface area contributed by atoms with Crippen molar-refractivity contribution in [1.29, 1.82) is 5.26 Å². The van der Waals surface area contributed by atoms with Crippen molar-refractivity contribution in [2.45, 2.75) is 24.7 Å². The van der Waals surface area contributed by atoms with E-state index in [1.165, 1.54) is 12.1 Å². The van der Waals surface area contributed by atoms with E-state index in [1.807, 2.05) is 12.1 Å². The monoisotopic (exact) mass is 438 g/mol. The maximum absolute atomic E-state index is 13.0. The van der Waals surface area contributed by atoms with E-state index in [4.69, 9.17) is 20.5 Å². The molecule has 2 N–H and O–H groups in total. The predicted octanol–water partition coefficient (Wildman–Crippen LogP) is 1.56. The van der Waals surface area contributed by atoms with Crippen molar-refractivity contribution in [2.75, 3.05) is 39.3 Å². The molecule has 0 spiro atoms. The standard InChI is InChI=1S/C24H27FN4O3/c25-19-5-7-20(8-6-19)31-10-9-28-13-21-15-29(16-22(14-28)32-21)23(24(27)30)11-17-1-3-18(12-26)4-2-17/h1-8,21-23H,9-11,13-16H2,(H2,27,30). The Bertz CT molecular complexity index is 947. The maximum atomic E-state index is 13.0. The number of nitriles is 1. The summed E-state index contributed by atoms with van der Waals surface area (Å²) in [5.41, 5.74) is 7.32. The van der Waals surface area contributed by atoms with Crippen molar-refractivity contribution < 1.29 is 18.7 Å². The summed E-state index contributed by atoms with van der Waals surface area (Å²) in [6.45, 7) is 4.03. The Morgan fingerprint density at radius 1 is 1.12 bits per heavy atom. The highest BCUT2D eigenvalue weighted by Crippen LogP contribution is 2.22. The van der Waals surface area contributed by atoms with Gasteiger partial charge in [-0.1, -0.05) is 12.1 Å². The van der Waals surface area contributed by atoms with E-state index in [9.17, 15) is 9.18 Å². The fourth-order valence-corrected chi connectivity index (χ4v) is 4.42. The smallest absolute Gasteiger partial charge is 0.235 e. The first kappa shape index (κ1) is 22.2. The summed E-state index contributed by atoms with van der Waals surface area (Å²) >= 11 is 0. The number of ether oxygens (including phenoxy) is 2. The molecule has 8 heteroatoms. The van der Waals surface area contributed by atoms with Crippen LogP contribution in [-0.4, -0.2) is 73.3 Å². The number of carbonyl (C=O) groups excluding carboxylic acids is 1. The van der Waals surface area contributed by atoms with Crippen LogP contribution >= 0.6 is 0 Å². The number of primary amides is 1. The van der Waals surface area contributed by atoms with Gasteiger partial charge in [-0.3, -0.25) is 14.6 Å². The highest BCUT2D eigenvalue weighted by Gasteiger charge is 2.38. The van der Waals surface area contributed by atoms with Crippen LogP contribution in [0.1, 0.15) is 11.1 Å². The van der Waals surface area contributed by atoms with Gasteiger partial charge in [0.1, 0.15) is 18.2 Å². The molecule has 168 valence electrons. The van der Waals surface area contributed by atoms with E-state index in [0.717, 1.165) is 25.2 Å². The molecule has 2 aliphatic rings. The lowest BCUT2D eigenvalue weighted by Crippen LogP contribution is -2.63. The number of nitrogens with zero attached hydrogens (tertiary/aromatic N) is 3. The van der Waals surface area contributed by atoms with Crippen molar-refractivity contribution in [3.63, 3.8) is 0 Å². The SMILES string of the molecule is N#Cc1ccc(CC(C(N)=O)N2CC3CN(CCOc4ccc(F)cc4)CC(C2)O3)cc1. The Morgan fingerprint density at radius 2 is 1.78 bits per heavy atom. The lowest BCUT2D eigenvalue weighted by Gasteiger charge is -2.47. The minimum absolute atomic E-state index is 0.00358. The van der Waals surface area contributed by atoms with Crippen LogP contribution < -0.4 is 10.5 Å². The van der Waals surface area contributed by atoms with E-state index < -0.39 is 6.04 Å². The van der Waals surface area contributed by atoms with Crippen LogP contribution in [0.5, 0.6) is 5.75 Å². The van der Waals surface area contributed by atoms with Crippen molar-refractivity contribution in [3.05, 3.63) is 65.5 Å². The second kappa shape index (κ2) is 10.1. The van der Waals surface area contributed by atoms with Crippen LogP contribution in [0.2, 0.25) is 0 Å². The van der Waals surface area contributed by atoms with Crippen LogP contribution in [0, 0.1) is 17.1 Å². The lowest BCUT2D eigenvalue weighted by molar-refractivity contribution is -0.153. The number of nitrogens with two attached hydrogens (primary N) is 1. The Hall–Kier alpha value is -2.99. The summed E-state index contributed by atoms with van der Waals surface area (Å²) < 4.78 is 24.8. The zero-order chi connectivity index (χ0) is 22.5. The van der Waals surface area contributed by atoms with Crippen LogP contribution in [-0.2, 0) is 16.0 Å². The number of halogens is 1. The molecular formula is C24H27FN4O3. The molecule has 3 unspecified atom stereocenters. The van der Waals surface area contributed by atoms with Crippen molar-refractivity contribution >= 4 is 5.91 Å². The minimum atomic E-state index is -0.412. The topological polar surface area (TPSA) is 91.8 Å². The van der Waals surface area contributed by atoms with Gasteiger partial charge in [-0.15, -0.1) is 0 Å². The number of morpholine rings is 2. The van der Waals surface area contributed by atoms with E-state index in [0.29, 0.717) is 37.4 Å². The zero-order valence-corrected chi connectivity index (χ0v) is 17.8. The molecule has 2 bridgehead atoms. The van der Waals surface area contributed by atoms with Crippen molar-refractivity contribution in [3.8, 4) is 11.8 Å². The molecule has 32 heavy (non-hydrogen) atoms. The summed E-state index contributed by atoms with van der Waals surface area (Å²) in [7, 11) is 0. The number of carbonyl (C=O) groups is 1. The first-order valence-corrected chi connectivity index (χ1v) is 10.8. The van der Waals surface area contributed by atoms with Gasteiger partial charge in [0, 0.05) is 32.7 Å². The number of hydrogen-bond acceptors (Lipinski definition) is 6. The second-order valence-electron chi connectivity index (χ2n) is 8.33. The number of amides is 1. The number of hydrogen-bond donors (Lipinski definition) is 1. The normalized spacial score (nSPS) is 22.1. The third kappa shape index (κ3) is 5.62. The predicted molar refractivity (Wildman–Crippen MR) is 116 cm³/mol. The van der Waals surface area contributed by atoms with Gasteiger partial charge in [-0.05, 0) is 48.4 Å². The summed E-state index contributed by atoms with van der Waals surface area (Å²) in [6.07, 6.45) is 0.502. The quantitative estimate of drug-likeness (QED) is 0.673. The summed E-state index contributed by atoms with van der Waals surface area (Å²) in [5.74, 6) is 0.0216. The van der Waals surface area contributed by atoms with Gasteiger partial charge < -0.3 is 15.2 Å². The molecule has 2 aromatic rings. The van der Waals surface area contributed by atoms with Gasteiger partial charge in [0.25, 0.3) is 0 Å². The molecule has 0 saturated carbocycles. The van der Waals surface area contributed by atoms with Crippen LogP contribution in [0.4, 0.5) is 4.39 Å². The summed E-state index contributed by atoms with van der Waals surface area (Å²) in [6, 6.07) is 15.0. The Morgan fingerprint density at radius 3 is 2.38 bits per heavy atom. The Balaban J connectivity index is 1.30. The molecule has 2 fully saturated rings. The molecule has 2 saturated heterocycles. The molecule has 0 radical (unpaired) electrons. The van der Waals surface area contributed by atoms with Gasteiger partial charge >= 0.3 is 0 Å². The Labute approximate surface area is 187 Å². The average Bonchev–Trinajstić information content (AvgIpc) is 2.78. The van der Waals surface area contributed by atoms with Gasteiger partial charge in [-0.25, -0.2) is 4.39 Å².